The minimum absolute atomic E-state index is 0.0501. The van der Waals surface area contributed by atoms with E-state index in [9.17, 15) is 14.4 Å². The Labute approximate surface area is 210 Å². The summed E-state index contributed by atoms with van der Waals surface area (Å²) in [5.74, 6) is -1.46. The SMILES string of the molecule is CC[C@H](C)[C@@H]([C@H](OC)OC(=O)OC(C)(C)C)N(C)C(=O)[C@@H](CC(=O)OCc1ccccc1)C(C)C. The number of hydrogen-bond acceptors (Lipinski definition) is 7. The average molecular weight is 494 g/mol. The van der Waals surface area contributed by atoms with Crippen molar-refractivity contribution in [2.75, 3.05) is 14.2 Å². The van der Waals surface area contributed by atoms with Gasteiger partial charge < -0.3 is 23.8 Å². The van der Waals surface area contributed by atoms with Gasteiger partial charge in [0.2, 0.25) is 12.2 Å². The lowest BCUT2D eigenvalue weighted by atomic mass is 9.89. The Bertz CT molecular complexity index is 803. The lowest BCUT2D eigenvalue weighted by Gasteiger charge is -2.39. The minimum atomic E-state index is -1.04. The fraction of sp³-hybridized carbons (Fsp3) is 0.667. The molecule has 198 valence electrons. The van der Waals surface area contributed by atoms with Crippen LogP contribution in [0.3, 0.4) is 0 Å². The van der Waals surface area contributed by atoms with Gasteiger partial charge in [-0.1, -0.05) is 64.4 Å². The number of hydrogen-bond donors (Lipinski definition) is 0. The monoisotopic (exact) mass is 493 g/mol. The molecular weight excluding hydrogens is 450 g/mol. The average Bonchev–Trinajstić information content (AvgIpc) is 2.79. The largest absolute Gasteiger partial charge is 0.511 e. The van der Waals surface area contributed by atoms with Crippen molar-refractivity contribution < 1.29 is 33.3 Å². The summed E-state index contributed by atoms with van der Waals surface area (Å²) in [6.45, 7) is 13.1. The molecule has 0 aromatic heterocycles. The van der Waals surface area contributed by atoms with Crippen molar-refractivity contribution in [3.8, 4) is 0 Å². The third-order valence-electron chi connectivity index (χ3n) is 5.89. The lowest BCUT2D eigenvalue weighted by molar-refractivity contribution is -0.173. The van der Waals surface area contributed by atoms with Gasteiger partial charge in [-0.2, -0.15) is 0 Å². The first-order valence-corrected chi connectivity index (χ1v) is 12.2. The van der Waals surface area contributed by atoms with Crippen LogP contribution in [0, 0.1) is 17.8 Å². The molecule has 0 aliphatic rings. The number of likely N-dealkylation sites (N-methyl/N-ethyl adjacent to an activating group) is 1. The van der Waals surface area contributed by atoms with Gasteiger partial charge in [0, 0.05) is 14.2 Å². The highest BCUT2D eigenvalue weighted by Gasteiger charge is 2.39. The molecule has 0 bridgehead atoms. The fourth-order valence-corrected chi connectivity index (χ4v) is 3.69. The zero-order valence-corrected chi connectivity index (χ0v) is 22.7. The van der Waals surface area contributed by atoms with E-state index < -0.39 is 36.0 Å². The molecule has 0 unspecified atom stereocenters. The maximum Gasteiger partial charge on any atom is 0.511 e. The number of nitrogens with zero attached hydrogens (tertiary/aromatic N) is 1. The van der Waals surface area contributed by atoms with Crippen LogP contribution in [0.15, 0.2) is 30.3 Å². The molecule has 35 heavy (non-hydrogen) atoms. The van der Waals surface area contributed by atoms with Crippen LogP contribution in [0.1, 0.15) is 66.9 Å². The summed E-state index contributed by atoms with van der Waals surface area (Å²) in [6.07, 6.45) is -1.24. The molecule has 0 saturated carbocycles. The predicted molar refractivity (Wildman–Crippen MR) is 133 cm³/mol. The number of methoxy groups -OCH3 is 1. The molecule has 0 N–H and O–H groups in total. The molecule has 1 aromatic rings. The van der Waals surface area contributed by atoms with Crippen molar-refractivity contribution in [1.29, 1.82) is 0 Å². The molecule has 0 radical (unpaired) electrons. The first-order valence-electron chi connectivity index (χ1n) is 12.2. The zero-order chi connectivity index (χ0) is 26.8. The molecule has 1 rings (SSSR count). The first kappa shape index (κ1) is 30.4. The standard InChI is InChI=1S/C27H43NO7/c1-10-19(4)23(25(32-9)34-26(31)35-27(5,6)7)28(8)24(30)21(18(2)3)16-22(29)33-17-20-14-12-11-13-15-20/h11-15,18-19,21,23,25H,10,16-17H2,1-9H3/t19-,21-,23-,25+/m0/s1. The van der Waals surface area contributed by atoms with Gasteiger partial charge in [-0.15, -0.1) is 0 Å². The molecule has 8 heteroatoms. The Hall–Kier alpha value is -2.61. The fourth-order valence-electron chi connectivity index (χ4n) is 3.69. The molecule has 4 atom stereocenters. The van der Waals surface area contributed by atoms with E-state index >= 15 is 0 Å². The first-order chi connectivity index (χ1) is 16.3. The van der Waals surface area contributed by atoms with Crippen LogP contribution >= 0.6 is 0 Å². The van der Waals surface area contributed by atoms with E-state index in [0.29, 0.717) is 6.42 Å². The van der Waals surface area contributed by atoms with E-state index in [1.54, 1.807) is 27.8 Å². The van der Waals surface area contributed by atoms with Crippen LogP contribution < -0.4 is 0 Å². The number of esters is 1. The van der Waals surface area contributed by atoms with Gasteiger partial charge >= 0.3 is 12.1 Å². The Balaban J connectivity index is 2.99. The molecule has 1 amide bonds. The highest BCUT2D eigenvalue weighted by molar-refractivity contribution is 5.84. The second-order valence-electron chi connectivity index (χ2n) is 10.2. The van der Waals surface area contributed by atoms with Crippen molar-refractivity contribution in [1.82, 2.24) is 4.90 Å². The summed E-state index contributed by atoms with van der Waals surface area (Å²) in [6, 6.07) is 8.81. The molecular formula is C27H43NO7. The van der Waals surface area contributed by atoms with E-state index in [1.807, 2.05) is 58.0 Å². The number of benzene rings is 1. The van der Waals surface area contributed by atoms with Crippen molar-refractivity contribution in [2.24, 2.45) is 17.8 Å². The third kappa shape index (κ3) is 10.3. The number of carbonyl (C=O) groups is 3. The number of rotatable bonds is 12. The van der Waals surface area contributed by atoms with Crippen LogP contribution in [0.25, 0.3) is 0 Å². The second-order valence-corrected chi connectivity index (χ2v) is 10.2. The topological polar surface area (TPSA) is 91.4 Å². The predicted octanol–water partition coefficient (Wildman–Crippen LogP) is 5.19. The summed E-state index contributed by atoms with van der Waals surface area (Å²) in [4.78, 5) is 40.0. The Morgan fingerprint density at radius 2 is 1.63 bits per heavy atom. The van der Waals surface area contributed by atoms with Gasteiger partial charge in [0.1, 0.15) is 12.2 Å². The number of ether oxygens (including phenoxy) is 4. The van der Waals surface area contributed by atoms with Gasteiger partial charge in [0.25, 0.3) is 0 Å². The van der Waals surface area contributed by atoms with Crippen molar-refractivity contribution in [3.63, 3.8) is 0 Å². The van der Waals surface area contributed by atoms with E-state index in [2.05, 4.69) is 0 Å². The van der Waals surface area contributed by atoms with Gasteiger partial charge in [-0.3, -0.25) is 9.59 Å². The van der Waals surface area contributed by atoms with E-state index in [-0.39, 0.29) is 30.8 Å². The smallest absolute Gasteiger partial charge is 0.461 e. The van der Waals surface area contributed by atoms with Crippen LogP contribution in [0.5, 0.6) is 0 Å². The molecule has 0 fully saturated rings. The summed E-state index contributed by atoms with van der Waals surface area (Å²) >= 11 is 0. The quantitative estimate of drug-likeness (QED) is 0.292. The van der Waals surface area contributed by atoms with Crippen LogP contribution in [-0.4, -0.2) is 55.0 Å². The summed E-state index contributed by atoms with van der Waals surface area (Å²) in [7, 11) is 3.07. The molecule has 0 heterocycles. The molecule has 8 nitrogen and oxygen atoms in total. The summed E-state index contributed by atoms with van der Waals surface area (Å²) in [5.41, 5.74) is 0.149. The number of carbonyl (C=O) groups excluding carboxylic acids is 3. The Morgan fingerprint density at radius 1 is 1.03 bits per heavy atom. The van der Waals surface area contributed by atoms with E-state index in [0.717, 1.165) is 5.56 Å². The zero-order valence-electron chi connectivity index (χ0n) is 22.7. The van der Waals surface area contributed by atoms with E-state index in [1.165, 1.54) is 12.0 Å². The Kier molecular flexibility index (Phi) is 12.2. The van der Waals surface area contributed by atoms with Gasteiger partial charge in [0.15, 0.2) is 0 Å². The van der Waals surface area contributed by atoms with Gasteiger partial charge in [-0.25, -0.2) is 4.79 Å². The molecule has 0 aliphatic carbocycles. The molecule has 1 aromatic carbocycles. The maximum atomic E-state index is 13.6. The minimum Gasteiger partial charge on any atom is -0.461 e. The highest BCUT2D eigenvalue weighted by Crippen LogP contribution is 2.26. The summed E-state index contributed by atoms with van der Waals surface area (Å²) in [5, 5.41) is 0. The van der Waals surface area contributed by atoms with Crippen LogP contribution in [0.2, 0.25) is 0 Å². The second kappa shape index (κ2) is 14.1. The highest BCUT2D eigenvalue weighted by atomic mass is 16.8. The molecule has 0 spiro atoms. The van der Waals surface area contributed by atoms with Crippen molar-refractivity contribution in [3.05, 3.63) is 35.9 Å². The molecule has 0 saturated heterocycles. The third-order valence-corrected chi connectivity index (χ3v) is 5.89. The normalized spacial score (nSPS) is 15.0. The van der Waals surface area contributed by atoms with E-state index in [4.69, 9.17) is 18.9 Å². The summed E-state index contributed by atoms with van der Waals surface area (Å²) < 4.78 is 21.6. The van der Waals surface area contributed by atoms with Crippen molar-refractivity contribution >= 4 is 18.0 Å². The van der Waals surface area contributed by atoms with Crippen LogP contribution in [0.4, 0.5) is 4.79 Å². The van der Waals surface area contributed by atoms with Gasteiger partial charge in [0.05, 0.1) is 18.4 Å². The number of amides is 1. The van der Waals surface area contributed by atoms with Crippen molar-refractivity contribution in [2.45, 2.75) is 85.8 Å². The maximum absolute atomic E-state index is 13.6. The Morgan fingerprint density at radius 3 is 2.11 bits per heavy atom. The lowest BCUT2D eigenvalue weighted by Crippen LogP contribution is -2.53. The van der Waals surface area contributed by atoms with Gasteiger partial charge in [-0.05, 0) is 38.2 Å². The van der Waals surface area contributed by atoms with Crippen LogP contribution in [-0.2, 0) is 35.1 Å². The molecule has 0 aliphatic heterocycles.